The fourth-order valence-corrected chi connectivity index (χ4v) is 3.32. The van der Waals surface area contributed by atoms with Crippen molar-refractivity contribution in [3.63, 3.8) is 0 Å². The van der Waals surface area contributed by atoms with Crippen LogP contribution in [-0.2, 0) is 6.54 Å². The molecule has 6 heteroatoms. The molecule has 0 bridgehead atoms. The molecule has 126 valence electrons. The average Bonchev–Trinajstić information content (AvgIpc) is 2.99. The van der Waals surface area contributed by atoms with Crippen LogP contribution in [0.25, 0.3) is 21.9 Å². The van der Waals surface area contributed by atoms with Crippen LogP contribution in [-0.4, -0.2) is 21.6 Å². The van der Waals surface area contributed by atoms with Gasteiger partial charge in [-0.2, -0.15) is 0 Å². The van der Waals surface area contributed by atoms with Crippen molar-refractivity contribution in [2.45, 2.75) is 13.5 Å². The summed E-state index contributed by atoms with van der Waals surface area (Å²) in [4.78, 5) is 20.3. The Morgan fingerprint density at radius 1 is 1.28 bits per heavy atom. The average molecular weight is 354 g/mol. The first kappa shape index (κ1) is 15.7. The molecule has 0 fully saturated rings. The van der Waals surface area contributed by atoms with Crippen LogP contribution in [0.3, 0.4) is 0 Å². The maximum atomic E-state index is 12.9. The van der Waals surface area contributed by atoms with Crippen LogP contribution in [0.2, 0.25) is 5.02 Å². The van der Waals surface area contributed by atoms with Gasteiger partial charge in [0.15, 0.2) is 0 Å². The molecule has 3 aromatic heterocycles. The minimum absolute atomic E-state index is 0.0782. The molecule has 0 radical (unpaired) electrons. The van der Waals surface area contributed by atoms with Crippen molar-refractivity contribution in [3.05, 3.63) is 69.2 Å². The third-order valence-electron chi connectivity index (χ3n) is 4.35. The van der Waals surface area contributed by atoms with Crippen molar-refractivity contribution in [3.8, 4) is 5.75 Å². The van der Waals surface area contributed by atoms with Crippen molar-refractivity contribution < 1.29 is 4.74 Å². The summed E-state index contributed by atoms with van der Waals surface area (Å²) in [7, 11) is 1.63. The van der Waals surface area contributed by atoms with Gasteiger partial charge in [0.2, 0.25) is 0 Å². The first-order chi connectivity index (χ1) is 12.1. The summed E-state index contributed by atoms with van der Waals surface area (Å²) in [6.45, 7) is 2.48. The number of nitrogens with one attached hydrogen (secondary N) is 1. The van der Waals surface area contributed by atoms with Crippen molar-refractivity contribution in [1.82, 2.24) is 14.5 Å². The van der Waals surface area contributed by atoms with Crippen LogP contribution in [0.1, 0.15) is 11.1 Å². The summed E-state index contributed by atoms with van der Waals surface area (Å²) in [6, 6.07) is 9.53. The molecule has 0 saturated heterocycles. The zero-order valence-corrected chi connectivity index (χ0v) is 14.6. The van der Waals surface area contributed by atoms with Crippen molar-refractivity contribution in [1.29, 1.82) is 0 Å². The third kappa shape index (κ3) is 2.66. The number of rotatable bonds is 3. The summed E-state index contributed by atoms with van der Waals surface area (Å²) in [5.41, 5.74) is 3.17. The number of aryl methyl sites for hydroxylation is 1. The Morgan fingerprint density at radius 3 is 2.76 bits per heavy atom. The molecular weight excluding hydrogens is 338 g/mol. The van der Waals surface area contributed by atoms with Gasteiger partial charge in [0, 0.05) is 23.2 Å². The maximum absolute atomic E-state index is 12.9. The molecule has 0 aliphatic rings. The summed E-state index contributed by atoms with van der Waals surface area (Å²) in [5, 5.41) is 2.30. The quantitative estimate of drug-likeness (QED) is 0.607. The van der Waals surface area contributed by atoms with Crippen LogP contribution in [0, 0.1) is 6.92 Å². The smallest absolute Gasteiger partial charge is 0.275 e. The van der Waals surface area contributed by atoms with E-state index in [4.69, 9.17) is 16.3 Å². The van der Waals surface area contributed by atoms with Crippen molar-refractivity contribution in [2.75, 3.05) is 7.11 Å². The van der Waals surface area contributed by atoms with Crippen LogP contribution in [0.4, 0.5) is 0 Å². The molecule has 0 atom stereocenters. The molecule has 0 saturated carbocycles. The van der Waals surface area contributed by atoms with Gasteiger partial charge in [0.05, 0.1) is 18.7 Å². The predicted octanol–water partition coefficient (Wildman–Crippen LogP) is 3.90. The Morgan fingerprint density at radius 2 is 2.04 bits per heavy atom. The first-order valence-electron chi connectivity index (χ1n) is 7.86. The SMILES string of the molecule is COc1ccc(Cn2cc(C)c3c([nH]c4ncc(Cl)cc43)c2=O)cc1. The lowest BCUT2D eigenvalue weighted by Crippen LogP contribution is -2.21. The van der Waals surface area contributed by atoms with Crippen LogP contribution >= 0.6 is 11.6 Å². The second-order valence-corrected chi connectivity index (χ2v) is 6.45. The Balaban J connectivity index is 1.86. The number of aromatic amines is 1. The summed E-state index contributed by atoms with van der Waals surface area (Å²) in [5.74, 6) is 0.793. The number of hydrogen-bond donors (Lipinski definition) is 1. The highest BCUT2D eigenvalue weighted by atomic mass is 35.5. The highest BCUT2D eigenvalue weighted by Gasteiger charge is 2.14. The van der Waals surface area contributed by atoms with Gasteiger partial charge in [-0.05, 0) is 36.2 Å². The Bertz CT molecular complexity index is 1140. The molecule has 4 rings (SSSR count). The molecule has 3 heterocycles. The number of hydrogen-bond acceptors (Lipinski definition) is 3. The summed E-state index contributed by atoms with van der Waals surface area (Å²) < 4.78 is 6.88. The van der Waals surface area contributed by atoms with Gasteiger partial charge in [0.1, 0.15) is 16.9 Å². The number of methoxy groups -OCH3 is 1. The van der Waals surface area contributed by atoms with Gasteiger partial charge >= 0.3 is 0 Å². The van der Waals surface area contributed by atoms with E-state index in [1.165, 1.54) is 0 Å². The molecule has 0 amide bonds. The van der Waals surface area contributed by atoms with Gasteiger partial charge in [-0.15, -0.1) is 0 Å². The van der Waals surface area contributed by atoms with E-state index in [1.807, 2.05) is 43.5 Å². The lowest BCUT2D eigenvalue weighted by atomic mass is 10.1. The van der Waals surface area contributed by atoms with Gasteiger partial charge in [-0.3, -0.25) is 4.79 Å². The molecule has 1 N–H and O–H groups in total. The van der Waals surface area contributed by atoms with E-state index < -0.39 is 0 Å². The van der Waals surface area contributed by atoms with E-state index in [9.17, 15) is 4.79 Å². The molecule has 5 nitrogen and oxygen atoms in total. The lowest BCUT2D eigenvalue weighted by molar-refractivity contribution is 0.414. The third-order valence-corrected chi connectivity index (χ3v) is 4.55. The number of halogens is 1. The van der Waals surface area contributed by atoms with Crippen LogP contribution in [0.15, 0.2) is 47.5 Å². The zero-order chi connectivity index (χ0) is 17.6. The minimum atomic E-state index is -0.0782. The molecule has 4 aromatic rings. The van der Waals surface area contributed by atoms with Crippen LogP contribution in [0.5, 0.6) is 5.75 Å². The largest absolute Gasteiger partial charge is 0.497 e. The van der Waals surface area contributed by atoms with Crippen molar-refractivity contribution >= 4 is 33.5 Å². The number of H-pyrrole nitrogens is 1. The van der Waals surface area contributed by atoms with Crippen LogP contribution < -0.4 is 10.3 Å². The van der Waals surface area contributed by atoms with Gasteiger partial charge < -0.3 is 14.3 Å². The van der Waals surface area contributed by atoms with Gasteiger partial charge in [-0.1, -0.05) is 23.7 Å². The predicted molar refractivity (Wildman–Crippen MR) is 99.7 cm³/mol. The molecular formula is C19H16ClN3O2. The Kier molecular flexibility index (Phi) is 3.73. The highest BCUT2D eigenvalue weighted by Crippen LogP contribution is 2.27. The first-order valence-corrected chi connectivity index (χ1v) is 8.24. The van der Waals surface area contributed by atoms with E-state index in [0.717, 1.165) is 27.6 Å². The number of aromatic nitrogens is 3. The molecule has 0 aliphatic heterocycles. The number of fused-ring (bicyclic) bond motifs is 3. The zero-order valence-electron chi connectivity index (χ0n) is 13.8. The summed E-state index contributed by atoms with van der Waals surface area (Å²) >= 11 is 6.06. The highest BCUT2D eigenvalue weighted by molar-refractivity contribution is 6.31. The number of benzene rings is 1. The molecule has 0 spiro atoms. The minimum Gasteiger partial charge on any atom is -0.497 e. The topological polar surface area (TPSA) is 59.9 Å². The molecule has 0 unspecified atom stereocenters. The fourth-order valence-electron chi connectivity index (χ4n) is 3.16. The Labute approximate surface area is 148 Å². The van der Waals surface area contributed by atoms with Gasteiger partial charge in [0.25, 0.3) is 5.56 Å². The molecule has 25 heavy (non-hydrogen) atoms. The van der Waals surface area contributed by atoms with E-state index >= 15 is 0 Å². The number of pyridine rings is 2. The number of ether oxygens (including phenoxy) is 1. The monoisotopic (exact) mass is 353 g/mol. The number of nitrogens with zero attached hydrogens (tertiary/aromatic N) is 2. The van der Waals surface area contributed by atoms with E-state index in [-0.39, 0.29) is 5.56 Å². The fraction of sp³-hybridized carbons (Fsp3) is 0.158. The van der Waals surface area contributed by atoms with Gasteiger partial charge in [-0.25, -0.2) is 4.98 Å². The maximum Gasteiger partial charge on any atom is 0.275 e. The standard InChI is InChI=1S/C19H16ClN3O2/c1-11-9-23(10-12-3-5-14(25-2)6-4-12)19(24)17-16(11)15-7-13(20)8-21-18(15)22-17/h3-9H,10H2,1-2H3,(H,21,22). The second-order valence-electron chi connectivity index (χ2n) is 6.02. The summed E-state index contributed by atoms with van der Waals surface area (Å²) in [6.07, 6.45) is 3.45. The molecule has 1 aromatic carbocycles. The molecule has 0 aliphatic carbocycles. The normalized spacial score (nSPS) is 11.3. The van der Waals surface area contributed by atoms with E-state index in [1.54, 1.807) is 17.9 Å². The van der Waals surface area contributed by atoms with E-state index in [0.29, 0.717) is 22.7 Å². The van der Waals surface area contributed by atoms with Crippen molar-refractivity contribution in [2.24, 2.45) is 0 Å². The lowest BCUT2D eigenvalue weighted by Gasteiger charge is -2.09. The van der Waals surface area contributed by atoms with E-state index in [2.05, 4.69) is 9.97 Å². The second kappa shape index (κ2) is 5.93. The Hall–Kier alpha value is -2.79.